The van der Waals surface area contributed by atoms with Crippen LogP contribution >= 0.6 is 0 Å². The molecule has 1 aliphatic heterocycles. The molecule has 1 fully saturated rings. The van der Waals surface area contributed by atoms with Crippen molar-refractivity contribution in [2.24, 2.45) is 5.92 Å². The van der Waals surface area contributed by atoms with Gasteiger partial charge in [-0.1, -0.05) is 5.16 Å². The van der Waals surface area contributed by atoms with Gasteiger partial charge in [-0.2, -0.15) is 4.98 Å². The predicted octanol–water partition coefficient (Wildman–Crippen LogP) is 3.30. The SMILES string of the molecule is COc1ccc(S(=O)(=O)NC(C)C)cc1NC(=O)C1CCN(Cc2nc(-c3ccc(OC)c(OC)c3)no2)CC1. The molecule has 0 saturated carbocycles. The molecular weight excluding hydrogens is 538 g/mol. The number of piperidine rings is 1. The van der Waals surface area contributed by atoms with E-state index in [1.165, 1.54) is 25.3 Å². The van der Waals surface area contributed by atoms with Gasteiger partial charge in [-0.05, 0) is 76.2 Å². The highest BCUT2D eigenvalue weighted by Crippen LogP contribution is 2.32. The van der Waals surface area contributed by atoms with Crippen molar-refractivity contribution in [3.63, 3.8) is 0 Å². The molecule has 2 heterocycles. The standard InChI is InChI=1S/C27H35N5O7S/c1-17(2)31-40(34,35)20-7-9-22(36-3)21(15-20)28-27(33)18-10-12-32(13-11-18)16-25-29-26(30-39-25)19-6-8-23(37-4)24(14-19)38-5/h6-9,14-15,17-18,31H,10-13,16H2,1-5H3,(H,28,33). The average Bonchev–Trinajstić information content (AvgIpc) is 3.40. The van der Waals surface area contributed by atoms with Crippen molar-refractivity contribution in [3.8, 4) is 28.6 Å². The Kier molecular flexibility index (Phi) is 9.28. The molecule has 2 N–H and O–H groups in total. The first-order valence-electron chi connectivity index (χ1n) is 12.9. The number of methoxy groups -OCH3 is 3. The van der Waals surface area contributed by atoms with Gasteiger partial charge >= 0.3 is 0 Å². The lowest BCUT2D eigenvalue weighted by atomic mass is 9.96. The molecule has 0 spiro atoms. The largest absolute Gasteiger partial charge is 0.495 e. The third-order valence-electron chi connectivity index (χ3n) is 6.56. The van der Waals surface area contributed by atoms with Gasteiger partial charge in [0.2, 0.25) is 27.6 Å². The number of aromatic nitrogens is 2. The van der Waals surface area contributed by atoms with E-state index in [0.29, 0.717) is 67.1 Å². The molecule has 1 saturated heterocycles. The van der Waals surface area contributed by atoms with Crippen LogP contribution in [0.2, 0.25) is 0 Å². The highest BCUT2D eigenvalue weighted by atomic mass is 32.2. The molecule has 13 heteroatoms. The fraction of sp³-hybridized carbons (Fsp3) is 0.444. The number of ether oxygens (including phenoxy) is 3. The smallest absolute Gasteiger partial charge is 0.241 e. The second kappa shape index (κ2) is 12.7. The van der Waals surface area contributed by atoms with Gasteiger partial charge in [0.05, 0.1) is 38.5 Å². The molecule has 0 bridgehead atoms. The Bertz CT molecular complexity index is 1430. The second-order valence-corrected chi connectivity index (χ2v) is 11.5. The van der Waals surface area contributed by atoms with Crippen molar-refractivity contribution in [2.75, 3.05) is 39.7 Å². The predicted molar refractivity (Wildman–Crippen MR) is 148 cm³/mol. The quantitative estimate of drug-likeness (QED) is 0.350. The Balaban J connectivity index is 1.35. The number of amides is 1. The molecule has 12 nitrogen and oxygen atoms in total. The van der Waals surface area contributed by atoms with Crippen molar-refractivity contribution in [3.05, 3.63) is 42.3 Å². The third kappa shape index (κ3) is 6.90. The molecule has 0 radical (unpaired) electrons. The summed E-state index contributed by atoms with van der Waals surface area (Å²) in [7, 11) is 0.887. The fourth-order valence-corrected chi connectivity index (χ4v) is 5.80. The van der Waals surface area contributed by atoms with Gasteiger partial charge in [0.1, 0.15) is 5.75 Å². The minimum absolute atomic E-state index is 0.0547. The zero-order valence-electron chi connectivity index (χ0n) is 23.3. The minimum Gasteiger partial charge on any atom is -0.495 e. The first-order valence-corrected chi connectivity index (χ1v) is 14.4. The summed E-state index contributed by atoms with van der Waals surface area (Å²) < 4.78 is 49.2. The van der Waals surface area contributed by atoms with Crippen LogP contribution in [0.25, 0.3) is 11.4 Å². The van der Waals surface area contributed by atoms with E-state index in [4.69, 9.17) is 18.7 Å². The molecule has 0 aliphatic carbocycles. The number of anilines is 1. The molecule has 40 heavy (non-hydrogen) atoms. The molecule has 1 aromatic heterocycles. The van der Waals surface area contributed by atoms with Gasteiger partial charge in [-0.25, -0.2) is 13.1 Å². The maximum absolute atomic E-state index is 13.1. The molecule has 0 unspecified atom stereocenters. The maximum Gasteiger partial charge on any atom is 0.241 e. The minimum atomic E-state index is -3.72. The Morgan fingerprint density at radius 3 is 2.35 bits per heavy atom. The summed E-state index contributed by atoms with van der Waals surface area (Å²) in [5.41, 5.74) is 1.06. The van der Waals surface area contributed by atoms with Crippen LogP contribution in [-0.4, -0.2) is 69.8 Å². The van der Waals surface area contributed by atoms with Crippen molar-refractivity contribution < 1.29 is 31.9 Å². The van der Waals surface area contributed by atoms with Crippen LogP contribution in [0.3, 0.4) is 0 Å². The highest BCUT2D eigenvalue weighted by molar-refractivity contribution is 7.89. The molecule has 4 rings (SSSR count). The number of carbonyl (C=O) groups excluding carboxylic acids is 1. The van der Waals surface area contributed by atoms with Crippen LogP contribution in [0.5, 0.6) is 17.2 Å². The van der Waals surface area contributed by atoms with Crippen molar-refractivity contribution >= 4 is 21.6 Å². The van der Waals surface area contributed by atoms with Gasteiger partial charge in [0, 0.05) is 17.5 Å². The Morgan fingerprint density at radius 2 is 1.70 bits per heavy atom. The zero-order valence-corrected chi connectivity index (χ0v) is 24.1. The molecule has 1 amide bonds. The second-order valence-electron chi connectivity index (χ2n) is 9.76. The van der Waals surface area contributed by atoms with Crippen LogP contribution in [0, 0.1) is 5.92 Å². The summed E-state index contributed by atoms with van der Waals surface area (Å²) in [5.74, 6) is 2.08. The molecule has 2 aromatic carbocycles. The normalized spacial score (nSPS) is 14.8. The Morgan fingerprint density at radius 1 is 1.02 bits per heavy atom. The van der Waals surface area contributed by atoms with Crippen LogP contribution in [0.4, 0.5) is 5.69 Å². The highest BCUT2D eigenvalue weighted by Gasteiger charge is 2.27. The number of rotatable bonds is 11. The maximum atomic E-state index is 13.1. The topological polar surface area (TPSA) is 145 Å². The zero-order chi connectivity index (χ0) is 28.9. The van der Waals surface area contributed by atoms with E-state index in [1.54, 1.807) is 40.2 Å². The summed E-state index contributed by atoms with van der Waals surface area (Å²) in [5, 5.41) is 6.96. The first kappa shape index (κ1) is 29.3. The number of hydrogen-bond donors (Lipinski definition) is 2. The van der Waals surface area contributed by atoms with E-state index >= 15 is 0 Å². The molecule has 3 aromatic rings. The van der Waals surface area contributed by atoms with E-state index < -0.39 is 10.0 Å². The number of hydrogen-bond acceptors (Lipinski definition) is 10. The number of nitrogens with one attached hydrogen (secondary N) is 2. The Labute approximate surface area is 234 Å². The van der Waals surface area contributed by atoms with E-state index in [2.05, 4.69) is 25.1 Å². The summed E-state index contributed by atoms with van der Waals surface area (Å²) in [6.07, 6.45) is 1.25. The molecule has 1 aliphatic rings. The van der Waals surface area contributed by atoms with Gasteiger partial charge in [-0.15, -0.1) is 0 Å². The lowest BCUT2D eigenvalue weighted by Crippen LogP contribution is -2.38. The lowest BCUT2D eigenvalue weighted by Gasteiger charge is -2.30. The van der Waals surface area contributed by atoms with Gasteiger partial charge < -0.3 is 24.1 Å². The van der Waals surface area contributed by atoms with Crippen molar-refractivity contribution in [2.45, 2.75) is 44.2 Å². The van der Waals surface area contributed by atoms with E-state index in [1.807, 2.05) is 6.07 Å². The fourth-order valence-electron chi connectivity index (χ4n) is 4.52. The number of carbonyl (C=O) groups is 1. The van der Waals surface area contributed by atoms with Gasteiger partial charge in [0.15, 0.2) is 11.5 Å². The third-order valence-corrected chi connectivity index (χ3v) is 8.21. The first-order chi connectivity index (χ1) is 19.1. The van der Waals surface area contributed by atoms with Crippen LogP contribution in [0.1, 0.15) is 32.6 Å². The summed E-state index contributed by atoms with van der Waals surface area (Å²) in [6.45, 7) is 5.27. The van der Waals surface area contributed by atoms with Crippen LogP contribution < -0.4 is 24.2 Å². The van der Waals surface area contributed by atoms with Crippen molar-refractivity contribution in [1.29, 1.82) is 0 Å². The van der Waals surface area contributed by atoms with Gasteiger partial charge in [0.25, 0.3) is 0 Å². The molecular formula is C27H35N5O7S. The van der Waals surface area contributed by atoms with Crippen LogP contribution in [-0.2, 0) is 21.4 Å². The van der Waals surface area contributed by atoms with E-state index in [-0.39, 0.29) is 22.8 Å². The van der Waals surface area contributed by atoms with Crippen molar-refractivity contribution in [1.82, 2.24) is 19.8 Å². The number of likely N-dealkylation sites (tertiary alicyclic amines) is 1. The Hall–Kier alpha value is -3.68. The van der Waals surface area contributed by atoms with Crippen LogP contribution in [0.15, 0.2) is 45.8 Å². The summed E-state index contributed by atoms with van der Waals surface area (Å²) in [6, 6.07) is 9.55. The van der Waals surface area contributed by atoms with E-state index in [0.717, 1.165) is 5.56 Å². The number of benzene rings is 2. The summed E-state index contributed by atoms with van der Waals surface area (Å²) in [4.78, 5) is 19.8. The number of sulfonamides is 1. The monoisotopic (exact) mass is 573 g/mol. The number of nitrogens with zero attached hydrogens (tertiary/aromatic N) is 3. The average molecular weight is 574 g/mol. The lowest BCUT2D eigenvalue weighted by molar-refractivity contribution is -0.121. The molecule has 0 atom stereocenters. The molecule has 216 valence electrons. The van der Waals surface area contributed by atoms with Gasteiger partial charge in [-0.3, -0.25) is 9.69 Å². The summed E-state index contributed by atoms with van der Waals surface area (Å²) >= 11 is 0. The van der Waals surface area contributed by atoms with E-state index in [9.17, 15) is 13.2 Å².